The Balaban J connectivity index is 2.07. The number of anilines is 1. The number of benzene rings is 2. The molecule has 0 aliphatic carbocycles. The van der Waals surface area contributed by atoms with Crippen molar-refractivity contribution < 1.29 is 0 Å². The Morgan fingerprint density at radius 3 is 2.35 bits per heavy atom. The number of rotatable bonds is 3. The first-order valence-corrected chi connectivity index (χ1v) is 6.08. The van der Waals surface area contributed by atoms with Gasteiger partial charge >= 0.3 is 0 Å². The van der Waals surface area contributed by atoms with Crippen LogP contribution in [0.15, 0.2) is 42.5 Å². The standard InChI is InChI=1S/C15H16ClN/c1-11-6-12(2)8-13(7-11)10-17-15-5-3-4-14(16)9-15/h3-9,17H,10H2,1-2H3. The zero-order chi connectivity index (χ0) is 12.3. The van der Waals surface area contributed by atoms with Gasteiger partial charge in [0.15, 0.2) is 0 Å². The number of halogens is 1. The second-order valence-electron chi connectivity index (χ2n) is 4.36. The van der Waals surface area contributed by atoms with Gasteiger partial charge in [0.2, 0.25) is 0 Å². The molecule has 2 heteroatoms. The van der Waals surface area contributed by atoms with Crippen molar-refractivity contribution in [1.29, 1.82) is 0 Å². The van der Waals surface area contributed by atoms with Crippen LogP contribution < -0.4 is 5.32 Å². The van der Waals surface area contributed by atoms with Crippen LogP contribution in [-0.4, -0.2) is 0 Å². The molecule has 17 heavy (non-hydrogen) atoms. The van der Waals surface area contributed by atoms with Crippen LogP contribution in [0.2, 0.25) is 5.02 Å². The molecule has 2 rings (SSSR count). The van der Waals surface area contributed by atoms with Crippen molar-refractivity contribution in [3.8, 4) is 0 Å². The highest BCUT2D eigenvalue weighted by Crippen LogP contribution is 2.16. The van der Waals surface area contributed by atoms with Gasteiger partial charge < -0.3 is 5.32 Å². The van der Waals surface area contributed by atoms with Crippen molar-refractivity contribution in [3.05, 3.63) is 64.2 Å². The van der Waals surface area contributed by atoms with E-state index in [1.165, 1.54) is 16.7 Å². The number of nitrogens with one attached hydrogen (secondary N) is 1. The molecule has 0 saturated carbocycles. The van der Waals surface area contributed by atoms with Gasteiger partial charge in [-0.25, -0.2) is 0 Å². The van der Waals surface area contributed by atoms with Crippen molar-refractivity contribution in [3.63, 3.8) is 0 Å². The smallest absolute Gasteiger partial charge is 0.0426 e. The highest BCUT2D eigenvalue weighted by Gasteiger charge is 1.97. The molecule has 0 bridgehead atoms. The summed E-state index contributed by atoms with van der Waals surface area (Å²) in [6.45, 7) is 5.06. The molecule has 1 N–H and O–H groups in total. The van der Waals surface area contributed by atoms with Crippen LogP contribution in [0.25, 0.3) is 0 Å². The van der Waals surface area contributed by atoms with Crippen molar-refractivity contribution >= 4 is 17.3 Å². The molecule has 0 atom stereocenters. The Bertz CT molecular complexity index is 500. The zero-order valence-corrected chi connectivity index (χ0v) is 10.9. The molecular weight excluding hydrogens is 230 g/mol. The van der Waals surface area contributed by atoms with Crippen LogP contribution in [-0.2, 0) is 6.54 Å². The Hall–Kier alpha value is -1.47. The fourth-order valence-electron chi connectivity index (χ4n) is 1.97. The van der Waals surface area contributed by atoms with Gasteiger partial charge in [-0.3, -0.25) is 0 Å². The summed E-state index contributed by atoms with van der Waals surface area (Å²) in [7, 11) is 0. The maximum absolute atomic E-state index is 5.94. The molecule has 0 unspecified atom stereocenters. The summed E-state index contributed by atoms with van der Waals surface area (Å²) in [5.74, 6) is 0. The average Bonchev–Trinajstić information content (AvgIpc) is 2.25. The second kappa shape index (κ2) is 5.24. The molecule has 0 radical (unpaired) electrons. The van der Waals surface area contributed by atoms with E-state index in [9.17, 15) is 0 Å². The Morgan fingerprint density at radius 1 is 1.00 bits per heavy atom. The minimum Gasteiger partial charge on any atom is -0.381 e. The van der Waals surface area contributed by atoms with E-state index in [4.69, 9.17) is 11.6 Å². The average molecular weight is 246 g/mol. The molecule has 0 fully saturated rings. The fraction of sp³-hybridized carbons (Fsp3) is 0.200. The summed E-state index contributed by atoms with van der Waals surface area (Å²) >= 11 is 5.94. The molecule has 0 aliphatic rings. The molecule has 88 valence electrons. The quantitative estimate of drug-likeness (QED) is 0.835. The third-order valence-corrected chi connectivity index (χ3v) is 2.84. The molecule has 2 aromatic rings. The largest absolute Gasteiger partial charge is 0.381 e. The fourth-order valence-corrected chi connectivity index (χ4v) is 2.16. The Kier molecular flexibility index (Phi) is 3.70. The SMILES string of the molecule is Cc1cc(C)cc(CNc2cccc(Cl)c2)c1. The van der Waals surface area contributed by atoms with Crippen LogP contribution in [0.1, 0.15) is 16.7 Å². The summed E-state index contributed by atoms with van der Waals surface area (Å²) in [4.78, 5) is 0. The van der Waals surface area contributed by atoms with E-state index >= 15 is 0 Å². The van der Waals surface area contributed by atoms with E-state index < -0.39 is 0 Å². The van der Waals surface area contributed by atoms with E-state index in [2.05, 4.69) is 37.4 Å². The molecule has 0 aliphatic heterocycles. The third kappa shape index (κ3) is 3.50. The van der Waals surface area contributed by atoms with E-state index in [-0.39, 0.29) is 0 Å². The lowest BCUT2D eigenvalue weighted by Gasteiger charge is -2.08. The van der Waals surface area contributed by atoms with Crippen LogP contribution >= 0.6 is 11.6 Å². The first kappa shape index (κ1) is 12.0. The maximum atomic E-state index is 5.94. The third-order valence-electron chi connectivity index (χ3n) is 2.60. The van der Waals surface area contributed by atoms with Crippen LogP contribution in [0.5, 0.6) is 0 Å². The molecule has 2 aromatic carbocycles. The minimum absolute atomic E-state index is 0.760. The normalized spacial score (nSPS) is 10.3. The Morgan fingerprint density at radius 2 is 1.71 bits per heavy atom. The topological polar surface area (TPSA) is 12.0 Å². The van der Waals surface area contributed by atoms with Gasteiger partial charge in [0.25, 0.3) is 0 Å². The number of hydrogen-bond donors (Lipinski definition) is 1. The highest BCUT2D eigenvalue weighted by molar-refractivity contribution is 6.30. The monoisotopic (exact) mass is 245 g/mol. The van der Waals surface area contributed by atoms with Gasteiger partial charge in [0.05, 0.1) is 0 Å². The molecule has 1 nitrogen and oxygen atoms in total. The van der Waals surface area contributed by atoms with Crippen LogP contribution in [0.3, 0.4) is 0 Å². The van der Waals surface area contributed by atoms with Gasteiger partial charge in [0.1, 0.15) is 0 Å². The lowest BCUT2D eigenvalue weighted by molar-refractivity contribution is 1.13. The number of aryl methyl sites for hydroxylation is 2. The first-order chi connectivity index (χ1) is 8.13. The van der Waals surface area contributed by atoms with Crippen molar-refractivity contribution in [1.82, 2.24) is 0 Å². The summed E-state index contributed by atoms with van der Waals surface area (Å²) in [5, 5.41) is 4.13. The van der Waals surface area contributed by atoms with Gasteiger partial charge in [0, 0.05) is 17.3 Å². The minimum atomic E-state index is 0.760. The molecule has 0 heterocycles. The van der Waals surface area contributed by atoms with Crippen molar-refractivity contribution in [2.24, 2.45) is 0 Å². The molecular formula is C15H16ClN. The van der Waals surface area contributed by atoms with Crippen molar-refractivity contribution in [2.45, 2.75) is 20.4 Å². The van der Waals surface area contributed by atoms with E-state index in [1.54, 1.807) is 0 Å². The summed E-state index contributed by atoms with van der Waals surface area (Å²) < 4.78 is 0. The molecule has 0 amide bonds. The molecule has 0 saturated heterocycles. The lowest BCUT2D eigenvalue weighted by atomic mass is 10.1. The van der Waals surface area contributed by atoms with Gasteiger partial charge in [-0.05, 0) is 37.6 Å². The van der Waals surface area contributed by atoms with Gasteiger partial charge in [-0.1, -0.05) is 47.0 Å². The maximum Gasteiger partial charge on any atom is 0.0426 e. The van der Waals surface area contributed by atoms with Crippen LogP contribution in [0, 0.1) is 13.8 Å². The zero-order valence-electron chi connectivity index (χ0n) is 10.1. The number of hydrogen-bond acceptors (Lipinski definition) is 1. The van der Waals surface area contributed by atoms with E-state index in [0.29, 0.717) is 0 Å². The van der Waals surface area contributed by atoms with Gasteiger partial charge in [-0.2, -0.15) is 0 Å². The first-order valence-electron chi connectivity index (χ1n) is 5.70. The summed E-state index contributed by atoms with van der Waals surface area (Å²) in [6.07, 6.45) is 0. The predicted molar refractivity (Wildman–Crippen MR) is 74.7 cm³/mol. The highest BCUT2D eigenvalue weighted by atomic mass is 35.5. The predicted octanol–water partition coefficient (Wildman–Crippen LogP) is 4.57. The molecule has 0 aromatic heterocycles. The Labute approximate surface area is 107 Å². The second-order valence-corrected chi connectivity index (χ2v) is 4.80. The summed E-state index contributed by atoms with van der Waals surface area (Å²) in [5.41, 5.74) is 4.94. The summed E-state index contributed by atoms with van der Waals surface area (Å²) in [6, 6.07) is 14.4. The van der Waals surface area contributed by atoms with Crippen LogP contribution in [0.4, 0.5) is 5.69 Å². The van der Waals surface area contributed by atoms with Crippen molar-refractivity contribution in [2.75, 3.05) is 5.32 Å². The molecule has 0 spiro atoms. The lowest BCUT2D eigenvalue weighted by Crippen LogP contribution is -1.99. The van der Waals surface area contributed by atoms with Gasteiger partial charge in [-0.15, -0.1) is 0 Å². The van der Waals surface area contributed by atoms with E-state index in [1.807, 2.05) is 24.3 Å². The van der Waals surface area contributed by atoms with E-state index in [0.717, 1.165) is 17.3 Å².